The largest absolute Gasteiger partial charge is 0.492 e. The molecule has 0 heterocycles. The van der Waals surface area contributed by atoms with Crippen molar-refractivity contribution in [1.29, 1.82) is 0 Å². The molecule has 0 saturated carbocycles. The highest BCUT2D eigenvalue weighted by atomic mass is 79.9. The number of rotatable bonds is 2. The van der Waals surface area contributed by atoms with Crippen LogP contribution in [0.4, 0.5) is 10.1 Å². The summed E-state index contributed by atoms with van der Waals surface area (Å²) in [6, 6.07) is 3.00. The van der Waals surface area contributed by atoms with Gasteiger partial charge in [-0.05, 0) is 12.1 Å². The predicted octanol–water partition coefficient (Wildman–Crippen LogP) is 2.85. The van der Waals surface area contributed by atoms with Gasteiger partial charge < -0.3 is 9.46 Å². The van der Waals surface area contributed by atoms with Crippen LogP contribution in [0.1, 0.15) is 0 Å². The lowest BCUT2D eigenvalue weighted by molar-refractivity contribution is 0.388. The number of nitrogens with one attached hydrogen (secondary N) is 1. The first kappa shape index (κ1) is 9.67. The third-order valence-electron chi connectivity index (χ3n) is 1.33. The molecule has 0 aliphatic carbocycles. The number of anilines is 1. The molecule has 0 bridgehead atoms. The van der Waals surface area contributed by atoms with Crippen LogP contribution in [0, 0.1) is 5.82 Å². The maximum atomic E-state index is 13.1. The quantitative estimate of drug-likeness (QED) is 0.790. The molecule has 0 unspecified atom stereocenters. The van der Waals surface area contributed by atoms with Crippen LogP contribution in [0.3, 0.4) is 0 Å². The second-order valence-electron chi connectivity index (χ2n) is 2.08. The minimum atomic E-state index is -0.427. The summed E-state index contributed by atoms with van der Waals surface area (Å²) in [6.45, 7) is 0. The lowest BCUT2D eigenvalue weighted by atomic mass is 10.3. The van der Waals surface area contributed by atoms with E-state index in [-0.39, 0.29) is 5.75 Å². The Kier molecular flexibility index (Phi) is 3.22. The fraction of sp³-hybridized carbons (Fsp3) is 0.143. The highest BCUT2D eigenvalue weighted by Gasteiger charge is 2.09. The molecule has 0 radical (unpaired) electrons. The molecule has 0 amide bonds. The maximum absolute atomic E-state index is 13.1. The van der Waals surface area contributed by atoms with Gasteiger partial charge in [-0.2, -0.15) is 0 Å². The van der Waals surface area contributed by atoms with Crippen molar-refractivity contribution < 1.29 is 9.13 Å². The molecule has 66 valence electrons. The van der Waals surface area contributed by atoms with E-state index in [9.17, 15) is 4.39 Å². The Balaban J connectivity index is 3.24. The SMILES string of the molecule is COc1c(F)cc(Br)cc1NS. The monoisotopic (exact) mass is 251 g/mol. The Morgan fingerprint density at radius 3 is 2.75 bits per heavy atom. The molecule has 0 aliphatic rings. The topological polar surface area (TPSA) is 21.3 Å². The van der Waals surface area contributed by atoms with E-state index in [1.807, 2.05) is 0 Å². The molecule has 2 nitrogen and oxygen atoms in total. The number of halogens is 2. The Morgan fingerprint density at radius 2 is 2.25 bits per heavy atom. The molecule has 0 fully saturated rings. The summed E-state index contributed by atoms with van der Waals surface area (Å²) >= 11 is 6.96. The molecule has 0 aliphatic heterocycles. The van der Waals surface area contributed by atoms with Gasteiger partial charge in [-0.15, -0.1) is 0 Å². The maximum Gasteiger partial charge on any atom is 0.178 e. The normalized spacial score (nSPS) is 9.67. The molecule has 1 aromatic carbocycles. The Labute approximate surface area is 83.8 Å². The standard InChI is InChI=1S/C7H7BrFNOS/c1-11-7-5(9)2-4(8)3-6(7)10-12/h2-3,10,12H,1H3. The van der Waals surface area contributed by atoms with E-state index in [2.05, 4.69) is 33.5 Å². The highest BCUT2D eigenvalue weighted by Crippen LogP contribution is 2.31. The molecular formula is C7H7BrFNOS. The molecule has 1 aromatic rings. The van der Waals surface area contributed by atoms with Crippen LogP contribution >= 0.6 is 28.7 Å². The highest BCUT2D eigenvalue weighted by molar-refractivity contribution is 9.10. The van der Waals surface area contributed by atoms with Gasteiger partial charge in [0, 0.05) is 4.47 Å². The zero-order valence-electron chi connectivity index (χ0n) is 6.27. The van der Waals surface area contributed by atoms with Gasteiger partial charge in [-0.1, -0.05) is 28.7 Å². The first-order chi connectivity index (χ1) is 5.69. The van der Waals surface area contributed by atoms with Crippen molar-refractivity contribution in [2.45, 2.75) is 0 Å². The van der Waals surface area contributed by atoms with E-state index in [0.29, 0.717) is 10.2 Å². The Bertz CT molecular complexity index is 295. The summed E-state index contributed by atoms with van der Waals surface area (Å²) in [7, 11) is 1.40. The van der Waals surface area contributed by atoms with Crippen molar-refractivity contribution in [1.82, 2.24) is 0 Å². The molecule has 1 N–H and O–H groups in total. The van der Waals surface area contributed by atoms with Gasteiger partial charge in [0.15, 0.2) is 11.6 Å². The molecule has 0 saturated heterocycles. The molecule has 0 atom stereocenters. The number of ether oxygens (including phenoxy) is 1. The first-order valence-electron chi connectivity index (χ1n) is 3.12. The van der Waals surface area contributed by atoms with Gasteiger partial charge in [0.1, 0.15) is 0 Å². The van der Waals surface area contributed by atoms with Crippen molar-refractivity contribution in [3.05, 3.63) is 22.4 Å². The minimum absolute atomic E-state index is 0.160. The van der Waals surface area contributed by atoms with Crippen molar-refractivity contribution in [2.24, 2.45) is 0 Å². The minimum Gasteiger partial charge on any atom is -0.492 e. The van der Waals surface area contributed by atoms with E-state index in [1.165, 1.54) is 13.2 Å². The second-order valence-corrected chi connectivity index (χ2v) is 3.22. The van der Waals surface area contributed by atoms with E-state index >= 15 is 0 Å². The van der Waals surface area contributed by atoms with Gasteiger partial charge in [0.25, 0.3) is 0 Å². The van der Waals surface area contributed by atoms with Gasteiger partial charge in [-0.3, -0.25) is 0 Å². The van der Waals surface area contributed by atoms with Crippen LogP contribution in [-0.4, -0.2) is 7.11 Å². The Morgan fingerprint density at radius 1 is 1.58 bits per heavy atom. The summed E-state index contributed by atoms with van der Waals surface area (Å²) in [6.07, 6.45) is 0. The smallest absolute Gasteiger partial charge is 0.178 e. The fourth-order valence-electron chi connectivity index (χ4n) is 0.851. The van der Waals surface area contributed by atoms with Crippen LogP contribution in [0.5, 0.6) is 5.75 Å². The van der Waals surface area contributed by atoms with Crippen LogP contribution in [0.25, 0.3) is 0 Å². The molecule has 12 heavy (non-hydrogen) atoms. The van der Waals surface area contributed by atoms with Crippen molar-refractivity contribution >= 4 is 34.4 Å². The Hall–Kier alpha value is -0.420. The second kappa shape index (κ2) is 4.00. The summed E-state index contributed by atoms with van der Waals surface area (Å²) in [5, 5.41) is 0. The lowest BCUT2D eigenvalue weighted by Crippen LogP contribution is -1.93. The molecular weight excluding hydrogens is 245 g/mol. The molecule has 0 spiro atoms. The van der Waals surface area contributed by atoms with Crippen LogP contribution in [-0.2, 0) is 0 Å². The van der Waals surface area contributed by atoms with E-state index in [4.69, 9.17) is 4.74 Å². The molecule has 5 heteroatoms. The van der Waals surface area contributed by atoms with Gasteiger partial charge >= 0.3 is 0 Å². The average Bonchev–Trinajstić information content (AvgIpc) is 2.03. The van der Waals surface area contributed by atoms with Gasteiger partial charge in [-0.25, -0.2) is 4.39 Å². The third kappa shape index (κ3) is 1.84. The van der Waals surface area contributed by atoms with Gasteiger partial charge in [0.2, 0.25) is 0 Å². The first-order valence-corrected chi connectivity index (χ1v) is 4.36. The summed E-state index contributed by atoms with van der Waals surface area (Å²) in [5.41, 5.74) is 0.493. The fourth-order valence-corrected chi connectivity index (χ4v) is 1.45. The number of hydrogen-bond acceptors (Lipinski definition) is 3. The summed E-state index contributed by atoms with van der Waals surface area (Å²) < 4.78 is 21.0. The van der Waals surface area contributed by atoms with Crippen LogP contribution in [0.2, 0.25) is 0 Å². The van der Waals surface area contributed by atoms with E-state index in [1.54, 1.807) is 6.07 Å². The average molecular weight is 252 g/mol. The van der Waals surface area contributed by atoms with Crippen molar-refractivity contribution in [3.63, 3.8) is 0 Å². The van der Waals surface area contributed by atoms with E-state index in [0.717, 1.165) is 0 Å². The summed E-state index contributed by atoms with van der Waals surface area (Å²) in [4.78, 5) is 0. The number of benzene rings is 1. The molecule has 0 aromatic heterocycles. The van der Waals surface area contributed by atoms with Crippen LogP contribution < -0.4 is 9.46 Å². The zero-order chi connectivity index (χ0) is 9.14. The van der Waals surface area contributed by atoms with Crippen LogP contribution in [0.15, 0.2) is 16.6 Å². The molecule has 1 rings (SSSR count). The lowest BCUT2D eigenvalue weighted by Gasteiger charge is -2.08. The van der Waals surface area contributed by atoms with Crippen molar-refractivity contribution in [3.8, 4) is 5.75 Å². The van der Waals surface area contributed by atoms with Crippen molar-refractivity contribution in [2.75, 3.05) is 11.8 Å². The predicted molar refractivity (Wildman–Crippen MR) is 53.3 cm³/mol. The zero-order valence-corrected chi connectivity index (χ0v) is 8.75. The summed E-state index contributed by atoms with van der Waals surface area (Å²) in [5.74, 6) is -0.267. The number of hydrogen-bond donors (Lipinski definition) is 2. The van der Waals surface area contributed by atoms with Gasteiger partial charge in [0.05, 0.1) is 12.8 Å². The number of thiol groups is 1. The third-order valence-corrected chi connectivity index (χ3v) is 2.03. The number of methoxy groups -OCH3 is 1. The van der Waals surface area contributed by atoms with E-state index < -0.39 is 5.82 Å².